The molecule has 1 aliphatic heterocycles. The van der Waals surface area contributed by atoms with Gasteiger partial charge in [-0.2, -0.15) is 4.31 Å². The zero-order valence-electron chi connectivity index (χ0n) is 15.5. The van der Waals surface area contributed by atoms with Crippen molar-refractivity contribution in [1.82, 2.24) is 14.1 Å². The van der Waals surface area contributed by atoms with Gasteiger partial charge in [0.15, 0.2) is 0 Å². The summed E-state index contributed by atoms with van der Waals surface area (Å²) in [6.07, 6.45) is 3.63. The van der Waals surface area contributed by atoms with Gasteiger partial charge in [-0.1, -0.05) is 0 Å². The van der Waals surface area contributed by atoms with Gasteiger partial charge in [-0.25, -0.2) is 8.42 Å². The van der Waals surface area contributed by atoms with Crippen LogP contribution in [0.5, 0.6) is 0 Å². The molecule has 0 bridgehead atoms. The van der Waals surface area contributed by atoms with Crippen LogP contribution in [0, 0.1) is 5.92 Å². The van der Waals surface area contributed by atoms with Crippen molar-refractivity contribution >= 4 is 10.0 Å². The molecule has 7 heteroatoms. The highest BCUT2D eigenvalue weighted by molar-refractivity contribution is 7.88. The van der Waals surface area contributed by atoms with E-state index < -0.39 is 10.0 Å². The summed E-state index contributed by atoms with van der Waals surface area (Å²) in [4.78, 5) is 4.72. The Labute approximate surface area is 146 Å². The molecule has 0 unspecified atom stereocenters. The lowest BCUT2D eigenvalue weighted by atomic mass is 9.90. The summed E-state index contributed by atoms with van der Waals surface area (Å²) in [5.74, 6) is 2.35. The lowest BCUT2D eigenvalue weighted by Crippen LogP contribution is -2.41. The Kier molecular flexibility index (Phi) is 6.47. The first-order valence-electron chi connectivity index (χ1n) is 8.54. The van der Waals surface area contributed by atoms with Gasteiger partial charge in [0.1, 0.15) is 11.5 Å². The lowest BCUT2D eigenvalue weighted by molar-refractivity contribution is 0.115. The van der Waals surface area contributed by atoms with Gasteiger partial charge in [-0.05, 0) is 65.0 Å². The van der Waals surface area contributed by atoms with Crippen LogP contribution < -0.4 is 0 Å². The highest BCUT2D eigenvalue weighted by Crippen LogP contribution is 2.24. The fraction of sp³-hybridized carbons (Fsp3) is 0.765. The molecule has 1 aromatic heterocycles. The average Bonchev–Trinajstić information content (AvgIpc) is 2.93. The van der Waals surface area contributed by atoms with Gasteiger partial charge in [0.25, 0.3) is 0 Å². The van der Waals surface area contributed by atoms with Crippen LogP contribution in [-0.4, -0.2) is 69.1 Å². The first-order chi connectivity index (χ1) is 11.2. The molecular weight excluding hydrogens is 326 g/mol. The van der Waals surface area contributed by atoms with Crippen molar-refractivity contribution in [2.24, 2.45) is 5.92 Å². The van der Waals surface area contributed by atoms with Crippen molar-refractivity contribution < 1.29 is 12.8 Å². The summed E-state index contributed by atoms with van der Waals surface area (Å²) in [7, 11) is 2.68. The van der Waals surface area contributed by atoms with Crippen LogP contribution in [0.3, 0.4) is 0 Å². The Morgan fingerprint density at radius 1 is 1.21 bits per heavy atom. The largest absolute Gasteiger partial charge is 0.463 e. The van der Waals surface area contributed by atoms with Gasteiger partial charge >= 0.3 is 0 Å². The maximum Gasteiger partial charge on any atom is 0.211 e. The van der Waals surface area contributed by atoms with Crippen LogP contribution >= 0.6 is 0 Å². The maximum absolute atomic E-state index is 11.5. The number of hydrogen-bond donors (Lipinski definition) is 0. The van der Waals surface area contributed by atoms with Gasteiger partial charge in [0, 0.05) is 13.1 Å². The topological polar surface area (TPSA) is 57.0 Å². The van der Waals surface area contributed by atoms with Crippen molar-refractivity contribution in [3.8, 4) is 0 Å². The summed E-state index contributed by atoms with van der Waals surface area (Å²) in [5, 5.41) is 0. The Morgan fingerprint density at radius 2 is 1.79 bits per heavy atom. The van der Waals surface area contributed by atoms with E-state index in [4.69, 9.17) is 4.42 Å². The fourth-order valence-corrected chi connectivity index (χ4v) is 3.53. The summed E-state index contributed by atoms with van der Waals surface area (Å²) in [6, 6.07) is 4.45. The van der Waals surface area contributed by atoms with Crippen LogP contribution in [0.4, 0.5) is 0 Å². The Bertz CT molecular complexity index is 619. The molecule has 0 N–H and O–H groups in total. The van der Waals surface area contributed by atoms with E-state index in [1.807, 2.05) is 12.1 Å². The standard InChI is InChI=1S/C17H31N3O3S/c1-14(18(2)3)15-8-10-20(11-9-15)13-17-7-6-16(23-17)12-19(4)24(5,21)22/h6-7,14-15H,8-13H2,1-5H3/t14-/m0/s1. The molecule has 6 nitrogen and oxygen atoms in total. The first kappa shape index (κ1) is 19.4. The molecule has 1 fully saturated rings. The second-order valence-electron chi connectivity index (χ2n) is 7.20. The molecule has 1 saturated heterocycles. The molecule has 0 aromatic carbocycles. The lowest BCUT2D eigenvalue weighted by Gasteiger charge is -2.36. The highest BCUT2D eigenvalue weighted by Gasteiger charge is 2.25. The second-order valence-corrected chi connectivity index (χ2v) is 9.29. The third-order valence-corrected chi connectivity index (χ3v) is 6.43. The van der Waals surface area contributed by atoms with Crippen LogP contribution in [0.2, 0.25) is 0 Å². The summed E-state index contributed by atoms with van der Waals surface area (Å²) < 4.78 is 30.0. The number of furan rings is 1. The smallest absolute Gasteiger partial charge is 0.211 e. The van der Waals surface area contributed by atoms with Crippen molar-refractivity contribution in [2.75, 3.05) is 40.5 Å². The number of hydrogen-bond acceptors (Lipinski definition) is 5. The number of likely N-dealkylation sites (tertiary alicyclic amines) is 1. The van der Waals surface area contributed by atoms with Crippen LogP contribution in [0.25, 0.3) is 0 Å². The van der Waals surface area contributed by atoms with Gasteiger partial charge < -0.3 is 9.32 Å². The molecule has 24 heavy (non-hydrogen) atoms. The zero-order chi connectivity index (χ0) is 17.9. The van der Waals surface area contributed by atoms with Crippen molar-refractivity contribution in [3.05, 3.63) is 23.7 Å². The number of rotatable bonds is 7. The zero-order valence-corrected chi connectivity index (χ0v) is 16.3. The summed E-state index contributed by atoms with van der Waals surface area (Å²) in [6.45, 7) is 5.55. The molecule has 0 spiro atoms. The van der Waals surface area contributed by atoms with Gasteiger partial charge in [-0.15, -0.1) is 0 Å². The molecule has 0 radical (unpaired) electrons. The van der Waals surface area contributed by atoms with Crippen molar-refractivity contribution in [2.45, 2.75) is 38.9 Å². The second kappa shape index (κ2) is 7.99. The van der Waals surface area contributed by atoms with E-state index in [9.17, 15) is 8.42 Å². The third-order valence-electron chi connectivity index (χ3n) is 5.17. The number of sulfonamides is 1. The predicted molar refractivity (Wildman–Crippen MR) is 96.2 cm³/mol. The molecule has 0 saturated carbocycles. The molecule has 0 aliphatic carbocycles. The Morgan fingerprint density at radius 3 is 2.33 bits per heavy atom. The molecule has 2 rings (SSSR count). The van der Waals surface area contributed by atoms with Crippen molar-refractivity contribution in [1.29, 1.82) is 0 Å². The van der Waals surface area contributed by atoms with E-state index in [1.165, 1.54) is 23.4 Å². The molecule has 0 amide bonds. The Balaban J connectivity index is 1.84. The first-order valence-corrected chi connectivity index (χ1v) is 10.4. The third kappa shape index (κ3) is 5.31. The average molecular weight is 358 g/mol. The molecule has 1 atom stereocenters. The summed E-state index contributed by atoms with van der Waals surface area (Å²) >= 11 is 0. The van der Waals surface area contributed by atoms with Crippen molar-refractivity contribution in [3.63, 3.8) is 0 Å². The van der Waals surface area contributed by atoms with E-state index in [-0.39, 0.29) is 6.54 Å². The van der Waals surface area contributed by atoms with E-state index in [2.05, 4.69) is 30.8 Å². The maximum atomic E-state index is 11.5. The van der Waals surface area contributed by atoms with Gasteiger partial charge in [0.05, 0.1) is 19.3 Å². The minimum atomic E-state index is -3.18. The SMILES string of the molecule is C[C@@H](C1CCN(Cc2ccc(CN(C)S(C)(=O)=O)o2)CC1)N(C)C. The summed E-state index contributed by atoms with van der Waals surface area (Å²) in [5.41, 5.74) is 0. The minimum absolute atomic E-state index is 0.279. The van der Waals surface area contributed by atoms with Gasteiger partial charge in [0.2, 0.25) is 10.0 Å². The molecule has 1 aliphatic rings. The highest BCUT2D eigenvalue weighted by atomic mass is 32.2. The monoisotopic (exact) mass is 357 g/mol. The number of nitrogens with zero attached hydrogens (tertiary/aromatic N) is 3. The molecular formula is C17H31N3O3S. The quantitative estimate of drug-likeness (QED) is 0.745. The van der Waals surface area contributed by atoms with E-state index in [0.717, 1.165) is 31.3 Å². The van der Waals surface area contributed by atoms with Crippen LogP contribution in [0.1, 0.15) is 31.3 Å². The normalized spacial score (nSPS) is 19.3. The Hall–Kier alpha value is -0.890. The van der Waals surface area contributed by atoms with E-state index in [1.54, 1.807) is 7.05 Å². The molecule has 2 heterocycles. The van der Waals surface area contributed by atoms with Gasteiger partial charge in [-0.3, -0.25) is 4.90 Å². The fourth-order valence-electron chi connectivity index (χ4n) is 3.16. The number of piperidine rings is 1. The predicted octanol–water partition coefficient (Wildman–Crippen LogP) is 1.83. The minimum Gasteiger partial charge on any atom is -0.463 e. The van der Waals surface area contributed by atoms with Crippen LogP contribution in [-0.2, 0) is 23.1 Å². The molecule has 1 aromatic rings. The van der Waals surface area contributed by atoms with Crippen LogP contribution in [0.15, 0.2) is 16.5 Å². The van der Waals surface area contributed by atoms with E-state index >= 15 is 0 Å². The molecule has 138 valence electrons. The van der Waals surface area contributed by atoms with E-state index in [0.29, 0.717) is 11.8 Å².